The van der Waals surface area contributed by atoms with Gasteiger partial charge in [-0.3, -0.25) is 14.4 Å². The van der Waals surface area contributed by atoms with Crippen molar-refractivity contribution in [2.45, 2.75) is 58.2 Å². The largest absolute Gasteiger partial charge is 0.350 e. The van der Waals surface area contributed by atoms with Crippen molar-refractivity contribution < 1.29 is 14.4 Å². The van der Waals surface area contributed by atoms with Crippen LogP contribution in [0.1, 0.15) is 49.8 Å². The third kappa shape index (κ3) is 6.44. The number of carbonyl (C=O) groups excluding carboxylic acids is 3. The zero-order valence-corrected chi connectivity index (χ0v) is 19.8. The van der Waals surface area contributed by atoms with Crippen molar-refractivity contribution in [3.63, 3.8) is 0 Å². The van der Waals surface area contributed by atoms with E-state index in [-0.39, 0.29) is 30.1 Å². The summed E-state index contributed by atoms with van der Waals surface area (Å²) in [5, 5.41) is 14.8. The second-order valence-corrected chi connectivity index (χ2v) is 8.81. The molecule has 1 heterocycles. The van der Waals surface area contributed by atoms with Crippen LogP contribution in [0, 0.1) is 17.2 Å². The number of nitriles is 1. The Hall–Kier alpha value is -3.66. The fourth-order valence-electron chi connectivity index (χ4n) is 4.17. The van der Waals surface area contributed by atoms with Gasteiger partial charge >= 0.3 is 0 Å². The summed E-state index contributed by atoms with van der Waals surface area (Å²) in [5.74, 6) is -0.665. The van der Waals surface area contributed by atoms with Crippen LogP contribution in [-0.4, -0.2) is 41.2 Å². The van der Waals surface area contributed by atoms with Crippen molar-refractivity contribution in [2.75, 3.05) is 6.54 Å². The molecule has 2 N–H and O–H groups in total. The highest BCUT2D eigenvalue weighted by Gasteiger charge is 2.39. The summed E-state index contributed by atoms with van der Waals surface area (Å²) < 4.78 is 0. The minimum Gasteiger partial charge on any atom is -0.350 e. The highest BCUT2D eigenvalue weighted by atomic mass is 16.2. The zero-order chi connectivity index (χ0) is 24.5. The molecule has 2 aromatic rings. The second kappa shape index (κ2) is 12.0. The molecule has 0 aromatic heterocycles. The number of amides is 3. The third-order valence-electron chi connectivity index (χ3n) is 6.39. The van der Waals surface area contributed by atoms with Gasteiger partial charge in [0, 0.05) is 13.1 Å². The third-order valence-corrected chi connectivity index (χ3v) is 6.39. The van der Waals surface area contributed by atoms with Gasteiger partial charge in [-0.25, -0.2) is 0 Å². The molecule has 0 saturated carbocycles. The first kappa shape index (κ1) is 25.0. The van der Waals surface area contributed by atoms with E-state index in [4.69, 9.17) is 5.26 Å². The molecule has 7 nitrogen and oxygen atoms in total. The first-order valence-electron chi connectivity index (χ1n) is 11.8. The summed E-state index contributed by atoms with van der Waals surface area (Å²) in [4.78, 5) is 40.8. The van der Waals surface area contributed by atoms with Crippen molar-refractivity contribution >= 4 is 17.7 Å². The molecule has 2 unspecified atom stereocenters. The molecule has 2 aromatic carbocycles. The van der Waals surface area contributed by atoms with Gasteiger partial charge in [0.1, 0.15) is 12.1 Å². The molecular formula is C27H32N4O3. The van der Waals surface area contributed by atoms with Crippen LogP contribution in [-0.2, 0) is 27.3 Å². The fraction of sp³-hybridized carbons (Fsp3) is 0.407. The van der Waals surface area contributed by atoms with Crippen molar-refractivity contribution in [2.24, 2.45) is 5.92 Å². The molecule has 1 saturated heterocycles. The SMILES string of the molecule is CCC(C)C(NC(=O)Cc1ccccc1)C(=O)N1CCC[C@H]1C(=O)NCc1ccc(C#N)cc1. The first-order valence-corrected chi connectivity index (χ1v) is 11.8. The number of carbonyl (C=O) groups is 3. The van der Waals surface area contributed by atoms with E-state index in [0.29, 0.717) is 25.1 Å². The number of likely N-dealkylation sites (tertiary alicyclic amines) is 1. The van der Waals surface area contributed by atoms with Crippen LogP contribution in [0.4, 0.5) is 0 Å². The van der Waals surface area contributed by atoms with E-state index in [1.807, 2.05) is 44.2 Å². The summed E-state index contributed by atoms with van der Waals surface area (Å²) in [6, 6.07) is 17.3. The van der Waals surface area contributed by atoms with Gasteiger partial charge in [-0.1, -0.05) is 62.7 Å². The molecule has 3 amide bonds. The van der Waals surface area contributed by atoms with Crippen molar-refractivity contribution in [3.8, 4) is 6.07 Å². The summed E-state index contributed by atoms with van der Waals surface area (Å²) in [7, 11) is 0. The molecule has 0 bridgehead atoms. The second-order valence-electron chi connectivity index (χ2n) is 8.81. The number of rotatable bonds is 9. The van der Waals surface area contributed by atoms with Crippen LogP contribution in [0.3, 0.4) is 0 Å². The van der Waals surface area contributed by atoms with E-state index in [0.717, 1.165) is 24.0 Å². The maximum absolute atomic E-state index is 13.5. The Kier molecular flexibility index (Phi) is 8.80. The van der Waals surface area contributed by atoms with Crippen LogP contribution >= 0.6 is 0 Å². The number of nitrogens with one attached hydrogen (secondary N) is 2. The van der Waals surface area contributed by atoms with Crippen molar-refractivity contribution in [3.05, 3.63) is 71.3 Å². The van der Waals surface area contributed by atoms with Crippen LogP contribution in [0.2, 0.25) is 0 Å². The monoisotopic (exact) mass is 460 g/mol. The summed E-state index contributed by atoms with van der Waals surface area (Å²) >= 11 is 0. The summed E-state index contributed by atoms with van der Waals surface area (Å²) in [6.07, 6.45) is 2.27. The lowest BCUT2D eigenvalue weighted by Gasteiger charge is -2.31. The molecule has 3 rings (SSSR count). The Bertz CT molecular complexity index is 1030. The molecule has 1 fully saturated rings. The molecule has 0 spiro atoms. The van der Waals surface area contributed by atoms with Gasteiger partial charge in [-0.2, -0.15) is 5.26 Å². The quantitative estimate of drug-likeness (QED) is 0.601. The molecule has 178 valence electrons. The maximum atomic E-state index is 13.5. The van der Waals surface area contributed by atoms with Crippen LogP contribution in [0.25, 0.3) is 0 Å². The number of benzene rings is 2. The van der Waals surface area contributed by atoms with E-state index < -0.39 is 12.1 Å². The number of hydrogen-bond acceptors (Lipinski definition) is 4. The smallest absolute Gasteiger partial charge is 0.246 e. The molecule has 0 aliphatic carbocycles. The lowest BCUT2D eigenvalue weighted by Crippen LogP contribution is -2.55. The van der Waals surface area contributed by atoms with Crippen molar-refractivity contribution in [1.29, 1.82) is 5.26 Å². The first-order chi connectivity index (χ1) is 16.4. The normalized spacial score (nSPS) is 16.9. The molecule has 34 heavy (non-hydrogen) atoms. The Morgan fingerprint density at radius 3 is 2.44 bits per heavy atom. The number of hydrogen-bond donors (Lipinski definition) is 2. The maximum Gasteiger partial charge on any atom is 0.246 e. The van der Waals surface area contributed by atoms with Gasteiger partial charge in [0.25, 0.3) is 0 Å². The Morgan fingerprint density at radius 1 is 1.09 bits per heavy atom. The van der Waals surface area contributed by atoms with Crippen LogP contribution < -0.4 is 10.6 Å². The average molecular weight is 461 g/mol. The van der Waals surface area contributed by atoms with Crippen molar-refractivity contribution in [1.82, 2.24) is 15.5 Å². The topological polar surface area (TPSA) is 102 Å². The van der Waals surface area contributed by atoms with E-state index in [1.165, 1.54) is 0 Å². The minimum absolute atomic E-state index is 0.0600. The number of nitrogens with zero attached hydrogens (tertiary/aromatic N) is 2. The van der Waals surface area contributed by atoms with Gasteiger partial charge in [-0.15, -0.1) is 0 Å². The van der Waals surface area contributed by atoms with Gasteiger partial charge < -0.3 is 15.5 Å². The summed E-state index contributed by atoms with van der Waals surface area (Å²) in [6.45, 7) is 4.75. The van der Waals surface area contributed by atoms with Crippen LogP contribution in [0.5, 0.6) is 0 Å². The fourth-order valence-corrected chi connectivity index (χ4v) is 4.17. The average Bonchev–Trinajstić information content (AvgIpc) is 3.36. The Morgan fingerprint density at radius 2 is 1.79 bits per heavy atom. The highest BCUT2D eigenvalue weighted by molar-refractivity contribution is 5.93. The predicted octanol–water partition coefficient (Wildman–Crippen LogP) is 2.94. The van der Waals surface area contributed by atoms with Gasteiger partial charge in [-0.05, 0) is 42.0 Å². The van der Waals surface area contributed by atoms with E-state index in [2.05, 4.69) is 16.7 Å². The molecular weight excluding hydrogens is 428 g/mol. The van der Waals surface area contributed by atoms with Gasteiger partial charge in [0.2, 0.25) is 17.7 Å². The minimum atomic E-state index is -0.673. The lowest BCUT2D eigenvalue weighted by molar-refractivity contribution is -0.142. The van der Waals surface area contributed by atoms with Gasteiger partial charge in [0.15, 0.2) is 0 Å². The standard InChI is InChI=1S/C27H32N4O3/c1-3-19(2)25(30-24(32)16-20-8-5-4-6-9-20)27(34)31-15-7-10-23(31)26(33)29-18-22-13-11-21(17-28)12-14-22/h4-6,8-9,11-14,19,23,25H,3,7,10,15-16,18H2,1-2H3,(H,29,33)(H,30,32)/t19?,23-,25?/m0/s1. The molecule has 3 atom stereocenters. The Labute approximate surface area is 201 Å². The molecule has 1 aliphatic rings. The molecule has 0 radical (unpaired) electrons. The van der Waals surface area contributed by atoms with E-state index >= 15 is 0 Å². The molecule has 1 aliphatic heterocycles. The van der Waals surface area contributed by atoms with Crippen LogP contribution in [0.15, 0.2) is 54.6 Å². The zero-order valence-electron chi connectivity index (χ0n) is 19.8. The molecule has 7 heteroatoms. The summed E-state index contributed by atoms with van der Waals surface area (Å²) in [5.41, 5.74) is 2.33. The highest BCUT2D eigenvalue weighted by Crippen LogP contribution is 2.22. The van der Waals surface area contributed by atoms with Gasteiger partial charge in [0.05, 0.1) is 18.1 Å². The Balaban J connectivity index is 1.64. The van der Waals surface area contributed by atoms with E-state index in [9.17, 15) is 14.4 Å². The lowest BCUT2D eigenvalue weighted by atomic mass is 9.97. The predicted molar refractivity (Wildman–Crippen MR) is 129 cm³/mol. The van der Waals surface area contributed by atoms with E-state index in [1.54, 1.807) is 29.2 Å².